The molecule has 0 amide bonds. The van der Waals surface area contributed by atoms with Crippen molar-refractivity contribution in [3.63, 3.8) is 0 Å². The predicted octanol–water partition coefficient (Wildman–Crippen LogP) is 3.23. The molecule has 1 atom stereocenters. The molecule has 0 aliphatic heterocycles. The van der Waals surface area contributed by atoms with Crippen molar-refractivity contribution < 1.29 is 4.74 Å². The van der Waals surface area contributed by atoms with Gasteiger partial charge in [0.05, 0.1) is 5.02 Å². The molecule has 3 nitrogen and oxygen atoms in total. The molecule has 0 aliphatic rings. The molecule has 0 saturated heterocycles. The van der Waals surface area contributed by atoms with Gasteiger partial charge in [0.25, 0.3) is 0 Å². The molecule has 0 aliphatic carbocycles. The standard InChI is InChI=1S/C14H17ClN2O/c1-8-6-9(2)17-14-12(18-10(3)7-16)5-4-11(15)13(8)14/h4-6,10H,7,16H2,1-3H3. The summed E-state index contributed by atoms with van der Waals surface area (Å²) in [6, 6.07) is 5.71. The largest absolute Gasteiger partial charge is 0.487 e. The van der Waals surface area contributed by atoms with Gasteiger partial charge in [-0.1, -0.05) is 11.6 Å². The second kappa shape index (κ2) is 5.12. The molecular weight excluding hydrogens is 248 g/mol. The van der Waals surface area contributed by atoms with Gasteiger partial charge in [-0.25, -0.2) is 4.98 Å². The Labute approximate surface area is 112 Å². The van der Waals surface area contributed by atoms with Crippen molar-refractivity contribution >= 4 is 22.5 Å². The summed E-state index contributed by atoms with van der Waals surface area (Å²) in [5.74, 6) is 0.735. The predicted molar refractivity (Wildman–Crippen MR) is 75.4 cm³/mol. The molecule has 2 rings (SSSR count). The van der Waals surface area contributed by atoms with Crippen molar-refractivity contribution in [2.24, 2.45) is 5.73 Å². The fourth-order valence-corrected chi connectivity index (χ4v) is 2.29. The monoisotopic (exact) mass is 264 g/mol. The Morgan fingerprint density at radius 3 is 2.78 bits per heavy atom. The first kappa shape index (κ1) is 13.1. The van der Waals surface area contributed by atoms with Gasteiger partial charge in [0, 0.05) is 17.6 Å². The first-order chi connectivity index (χ1) is 8.52. The summed E-state index contributed by atoms with van der Waals surface area (Å²) in [7, 11) is 0. The minimum Gasteiger partial charge on any atom is -0.487 e. The lowest BCUT2D eigenvalue weighted by atomic mass is 10.1. The van der Waals surface area contributed by atoms with Gasteiger partial charge in [0.2, 0.25) is 0 Å². The van der Waals surface area contributed by atoms with Crippen LogP contribution in [0.25, 0.3) is 10.9 Å². The number of benzene rings is 1. The maximum Gasteiger partial charge on any atom is 0.146 e. The van der Waals surface area contributed by atoms with Gasteiger partial charge in [0.1, 0.15) is 17.4 Å². The van der Waals surface area contributed by atoms with Crippen molar-refractivity contribution in [2.45, 2.75) is 26.9 Å². The molecule has 2 N–H and O–H groups in total. The van der Waals surface area contributed by atoms with Crippen LogP contribution in [0.5, 0.6) is 5.75 Å². The van der Waals surface area contributed by atoms with E-state index in [1.165, 1.54) is 0 Å². The van der Waals surface area contributed by atoms with Crippen LogP contribution in [0.15, 0.2) is 18.2 Å². The molecule has 2 aromatic rings. The Hall–Kier alpha value is -1.32. The Morgan fingerprint density at radius 2 is 2.11 bits per heavy atom. The fraction of sp³-hybridized carbons (Fsp3) is 0.357. The molecule has 0 bridgehead atoms. The van der Waals surface area contributed by atoms with Crippen molar-refractivity contribution in [1.82, 2.24) is 4.98 Å². The lowest BCUT2D eigenvalue weighted by Crippen LogP contribution is -2.23. The van der Waals surface area contributed by atoms with Crippen LogP contribution in [0.2, 0.25) is 5.02 Å². The molecule has 0 radical (unpaired) electrons. The minimum atomic E-state index is -0.0445. The molecule has 1 heterocycles. The van der Waals surface area contributed by atoms with Crippen LogP contribution in [0.1, 0.15) is 18.2 Å². The zero-order valence-corrected chi connectivity index (χ0v) is 11.6. The van der Waals surface area contributed by atoms with Gasteiger partial charge in [-0.15, -0.1) is 0 Å². The van der Waals surface area contributed by atoms with E-state index in [-0.39, 0.29) is 6.10 Å². The van der Waals surface area contributed by atoms with Gasteiger partial charge in [0.15, 0.2) is 0 Å². The Kier molecular flexibility index (Phi) is 3.73. The number of hydrogen-bond acceptors (Lipinski definition) is 3. The zero-order chi connectivity index (χ0) is 13.3. The average Bonchev–Trinajstić information content (AvgIpc) is 2.31. The quantitative estimate of drug-likeness (QED) is 0.926. The first-order valence-corrected chi connectivity index (χ1v) is 6.34. The van der Waals surface area contributed by atoms with Crippen LogP contribution in [0.4, 0.5) is 0 Å². The minimum absolute atomic E-state index is 0.0445. The van der Waals surface area contributed by atoms with Crippen LogP contribution < -0.4 is 10.5 Å². The number of aryl methyl sites for hydroxylation is 2. The number of aromatic nitrogens is 1. The SMILES string of the molecule is Cc1cc(C)c2c(Cl)ccc(OC(C)CN)c2n1. The molecular formula is C14H17ClN2O. The summed E-state index contributed by atoms with van der Waals surface area (Å²) in [5, 5.41) is 1.65. The summed E-state index contributed by atoms with van der Waals surface area (Å²) >= 11 is 6.24. The second-order valence-corrected chi connectivity index (χ2v) is 4.92. The number of hydrogen-bond donors (Lipinski definition) is 1. The number of fused-ring (bicyclic) bond motifs is 1. The number of pyridine rings is 1. The van der Waals surface area contributed by atoms with Gasteiger partial charge in [-0.05, 0) is 44.5 Å². The number of nitrogens with two attached hydrogens (primary N) is 1. The summed E-state index contributed by atoms with van der Waals surface area (Å²) < 4.78 is 5.80. The molecule has 96 valence electrons. The van der Waals surface area contributed by atoms with E-state index in [0.29, 0.717) is 11.6 Å². The Bertz CT molecular complexity index is 584. The van der Waals surface area contributed by atoms with E-state index >= 15 is 0 Å². The van der Waals surface area contributed by atoms with E-state index in [0.717, 1.165) is 27.9 Å². The highest BCUT2D eigenvalue weighted by atomic mass is 35.5. The number of rotatable bonds is 3. The average molecular weight is 265 g/mol. The van der Waals surface area contributed by atoms with E-state index in [4.69, 9.17) is 22.1 Å². The smallest absolute Gasteiger partial charge is 0.146 e. The van der Waals surface area contributed by atoms with Gasteiger partial charge in [-0.2, -0.15) is 0 Å². The van der Waals surface area contributed by atoms with Gasteiger partial charge in [-0.3, -0.25) is 0 Å². The number of halogens is 1. The highest BCUT2D eigenvalue weighted by Crippen LogP contribution is 2.33. The van der Waals surface area contributed by atoms with E-state index in [1.54, 1.807) is 0 Å². The highest BCUT2D eigenvalue weighted by Gasteiger charge is 2.12. The second-order valence-electron chi connectivity index (χ2n) is 4.51. The Balaban J connectivity index is 2.65. The Morgan fingerprint density at radius 1 is 1.39 bits per heavy atom. The van der Waals surface area contributed by atoms with E-state index in [1.807, 2.05) is 39.0 Å². The van der Waals surface area contributed by atoms with Crippen LogP contribution in [0, 0.1) is 13.8 Å². The molecule has 1 aromatic heterocycles. The summed E-state index contributed by atoms with van der Waals surface area (Å²) in [6.07, 6.45) is -0.0445. The van der Waals surface area contributed by atoms with Crippen molar-refractivity contribution in [2.75, 3.05) is 6.54 Å². The first-order valence-electron chi connectivity index (χ1n) is 5.96. The number of nitrogens with zero attached hydrogens (tertiary/aromatic N) is 1. The molecule has 4 heteroatoms. The fourth-order valence-electron chi connectivity index (χ4n) is 1.99. The van der Waals surface area contributed by atoms with Gasteiger partial charge >= 0.3 is 0 Å². The van der Waals surface area contributed by atoms with Crippen LogP contribution >= 0.6 is 11.6 Å². The molecule has 0 fully saturated rings. The summed E-state index contributed by atoms with van der Waals surface area (Å²) in [6.45, 7) is 6.39. The molecule has 1 unspecified atom stereocenters. The molecule has 18 heavy (non-hydrogen) atoms. The third-order valence-electron chi connectivity index (χ3n) is 2.86. The van der Waals surface area contributed by atoms with Crippen molar-refractivity contribution in [3.8, 4) is 5.75 Å². The van der Waals surface area contributed by atoms with Gasteiger partial charge < -0.3 is 10.5 Å². The normalized spacial score (nSPS) is 12.7. The summed E-state index contributed by atoms with van der Waals surface area (Å²) in [5.41, 5.74) is 8.44. The van der Waals surface area contributed by atoms with Crippen LogP contribution in [0.3, 0.4) is 0 Å². The zero-order valence-electron chi connectivity index (χ0n) is 10.8. The number of ether oxygens (including phenoxy) is 1. The third-order valence-corrected chi connectivity index (χ3v) is 3.17. The maximum absolute atomic E-state index is 6.24. The van der Waals surface area contributed by atoms with E-state index < -0.39 is 0 Å². The maximum atomic E-state index is 6.24. The molecule has 0 saturated carbocycles. The third kappa shape index (κ3) is 2.42. The van der Waals surface area contributed by atoms with Crippen molar-refractivity contribution in [1.29, 1.82) is 0 Å². The topological polar surface area (TPSA) is 48.1 Å². The van der Waals surface area contributed by atoms with E-state index in [9.17, 15) is 0 Å². The summed E-state index contributed by atoms with van der Waals surface area (Å²) in [4.78, 5) is 4.53. The molecule has 1 aromatic carbocycles. The highest BCUT2D eigenvalue weighted by molar-refractivity contribution is 6.35. The molecule has 0 spiro atoms. The lowest BCUT2D eigenvalue weighted by molar-refractivity contribution is 0.232. The van der Waals surface area contributed by atoms with E-state index in [2.05, 4.69) is 4.98 Å². The lowest BCUT2D eigenvalue weighted by Gasteiger charge is -2.15. The van der Waals surface area contributed by atoms with Crippen LogP contribution in [-0.4, -0.2) is 17.6 Å². The van der Waals surface area contributed by atoms with Crippen molar-refractivity contribution in [3.05, 3.63) is 34.5 Å². The van der Waals surface area contributed by atoms with Crippen LogP contribution in [-0.2, 0) is 0 Å².